The number of rotatable bonds is 14. The van der Waals surface area contributed by atoms with Crippen LogP contribution in [-0.4, -0.2) is 93.2 Å². The van der Waals surface area contributed by atoms with Crippen molar-refractivity contribution in [1.82, 2.24) is 9.47 Å². The van der Waals surface area contributed by atoms with Crippen LogP contribution in [0.4, 0.5) is 17.1 Å². The van der Waals surface area contributed by atoms with Gasteiger partial charge in [-0.25, -0.2) is 0 Å². The molecule has 64 heavy (non-hydrogen) atoms. The molecule has 4 aromatic carbocycles. The number of piperidine rings is 3. The number of nitrogens with two attached hydrogens (primary N) is 2. The van der Waals surface area contributed by atoms with Crippen molar-refractivity contribution < 1.29 is 19.0 Å². The highest BCUT2D eigenvalue weighted by atomic mass is 79.9. The summed E-state index contributed by atoms with van der Waals surface area (Å²) in [6.07, 6.45) is 17.3. The smallest absolute Gasteiger partial charge is 0.248 e. The normalized spacial score (nSPS) is 15.5. The Kier molecular flexibility index (Phi) is 22.0. The first kappa shape index (κ1) is 50.6. The summed E-state index contributed by atoms with van der Waals surface area (Å²) in [5, 5.41) is 3.47. The zero-order valence-corrected chi connectivity index (χ0v) is 41.7. The summed E-state index contributed by atoms with van der Waals surface area (Å²) in [6, 6.07) is 30.5. The number of fused-ring (bicyclic) bond motifs is 1. The molecular weight excluding hydrogens is 932 g/mol. The number of benzene rings is 4. The number of aromatic nitrogens is 1. The lowest BCUT2D eigenvalue weighted by Gasteiger charge is -2.34. The molecule has 12 heteroatoms. The quantitative estimate of drug-likeness (QED) is 0.0643. The van der Waals surface area contributed by atoms with E-state index in [1.165, 1.54) is 87.8 Å². The molecule has 0 atom stereocenters. The molecule has 1 amide bonds. The molecule has 0 unspecified atom stereocenters. The number of primary amides is 1. The van der Waals surface area contributed by atoms with Crippen molar-refractivity contribution in [3.05, 3.63) is 108 Å². The van der Waals surface area contributed by atoms with Crippen molar-refractivity contribution in [3.8, 4) is 17.2 Å². The van der Waals surface area contributed by atoms with Gasteiger partial charge in [-0.15, -0.1) is 0 Å². The summed E-state index contributed by atoms with van der Waals surface area (Å²) >= 11 is 6.73. The van der Waals surface area contributed by atoms with Gasteiger partial charge in [0.25, 0.3) is 0 Å². The van der Waals surface area contributed by atoms with Gasteiger partial charge in [0.2, 0.25) is 5.91 Å². The Labute approximate surface area is 399 Å². The number of methoxy groups -OCH3 is 3. The Balaban J connectivity index is 0.000000208. The van der Waals surface area contributed by atoms with E-state index in [2.05, 4.69) is 99.8 Å². The highest BCUT2D eigenvalue weighted by Gasteiger charge is 2.23. The summed E-state index contributed by atoms with van der Waals surface area (Å²) < 4.78 is 18.2. The molecule has 4 heterocycles. The lowest BCUT2D eigenvalue weighted by Crippen LogP contribution is -2.36. The minimum Gasteiger partial charge on any atom is -0.497 e. The van der Waals surface area contributed by atoms with E-state index in [-0.39, 0.29) is 5.91 Å². The largest absolute Gasteiger partial charge is 0.497 e. The Hall–Kier alpha value is -4.39. The maximum atomic E-state index is 11.7. The second kappa shape index (κ2) is 27.8. The van der Waals surface area contributed by atoms with E-state index in [1.807, 2.05) is 42.5 Å². The molecule has 0 spiro atoms. The van der Waals surface area contributed by atoms with Crippen LogP contribution in [0.3, 0.4) is 0 Å². The number of ether oxygens (including phenoxy) is 3. The van der Waals surface area contributed by atoms with Gasteiger partial charge in [0, 0.05) is 115 Å². The minimum atomic E-state index is -0.371. The molecule has 10 nitrogen and oxygen atoms in total. The van der Waals surface area contributed by atoms with Crippen molar-refractivity contribution >= 4 is 65.7 Å². The Morgan fingerprint density at radius 2 is 1.30 bits per heavy atom. The Morgan fingerprint density at radius 3 is 1.89 bits per heavy atom. The van der Waals surface area contributed by atoms with Gasteiger partial charge in [-0.1, -0.05) is 62.5 Å². The van der Waals surface area contributed by atoms with Crippen LogP contribution >= 0.6 is 31.9 Å². The second-order valence-electron chi connectivity index (χ2n) is 16.7. The number of unbranched alkanes of at least 4 members (excludes halogenated alkanes) is 2. The highest BCUT2D eigenvalue weighted by Crippen LogP contribution is 2.33. The number of nitrogen functional groups attached to an aromatic ring is 1. The molecule has 4 N–H and O–H groups in total. The second-order valence-corrected chi connectivity index (χ2v) is 18.2. The number of alkyl halides is 2. The van der Waals surface area contributed by atoms with Crippen LogP contribution in [0.25, 0.3) is 10.9 Å². The molecule has 5 aromatic rings. The third-order valence-electron chi connectivity index (χ3n) is 12.3. The number of anilines is 3. The third-order valence-corrected chi connectivity index (χ3v) is 13.4. The number of likely N-dealkylation sites (tertiary alicyclic amines) is 1. The lowest BCUT2D eigenvalue weighted by molar-refractivity contribution is 0.100. The maximum Gasteiger partial charge on any atom is 0.248 e. The van der Waals surface area contributed by atoms with Gasteiger partial charge in [-0.3, -0.25) is 4.79 Å². The molecule has 0 radical (unpaired) electrons. The predicted octanol–water partition coefficient (Wildman–Crippen LogP) is 11.5. The monoisotopic (exact) mass is 1000 g/mol. The van der Waals surface area contributed by atoms with E-state index in [1.54, 1.807) is 27.4 Å². The molecule has 3 aliphatic rings. The number of carbonyl (C=O) groups excluding carboxylic acids is 1. The van der Waals surface area contributed by atoms with E-state index < -0.39 is 0 Å². The number of hydrogen-bond acceptors (Lipinski definition) is 8. The number of carbonyl (C=O) groups is 1. The number of hydrogen-bond donors (Lipinski definition) is 2. The molecular formula is C52H72Br2N6O4. The van der Waals surface area contributed by atoms with Crippen molar-refractivity contribution in [1.29, 1.82) is 0 Å². The fourth-order valence-corrected chi connectivity index (χ4v) is 9.50. The van der Waals surface area contributed by atoms with Crippen molar-refractivity contribution in [2.24, 2.45) is 5.73 Å². The summed E-state index contributed by atoms with van der Waals surface area (Å²) in [5.74, 6) is 2.40. The van der Waals surface area contributed by atoms with Crippen LogP contribution < -0.4 is 35.5 Å². The van der Waals surface area contributed by atoms with Crippen molar-refractivity contribution in [2.45, 2.75) is 83.1 Å². The topological polar surface area (TPSA) is 111 Å². The van der Waals surface area contributed by atoms with Crippen molar-refractivity contribution in [2.75, 3.05) is 93.3 Å². The number of amides is 1. The number of halogens is 2. The minimum absolute atomic E-state index is 0.371. The van der Waals surface area contributed by atoms with Gasteiger partial charge in [0.05, 0.1) is 21.3 Å². The average Bonchev–Trinajstić information content (AvgIpc) is 3.78. The van der Waals surface area contributed by atoms with E-state index >= 15 is 0 Å². The van der Waals surface area contributed by atoms with Crippen LogP contribution in [0.1, 0.15) is 92.6 Å². The molecule has 348 valence electrons. The van der Waals surface area contributed by atoms with Crippen molar-refractivity contribution in [3.63, 3.8) is 0 Å². The zero-order valence-electron chi connectivity index (χ0n) is 38.5. The van der Waals surface area contributed by atoms with E-state index in [9.17, 15) is 4.79 Å². The average molecular weight is 1000 g/mol. The van der Waals surface area contributed by atoms with Gasteiger partial charge in [-0.2, -0.15) is 0 Å². The zero-order chi connectivity index (χ0) is 45.5. The predicted molar refractivity (Wildman–Crippen MR) is 276 cm³/mol. The van der Waals surface area contributed by atoms with Crippen LogP contribution in [0, 0.1) is 0 Å². The van der Waals surface area contributed by atoms with Gasteiger partial charge < -0.3 is 44.9 Å². The van der Waals surface area contributed by atoms with Crippen LogP contribution in [-0.2, 0) is 6.42 Å². The number of nitrogens with zero attached hydrogens (tertiary/aromatic N) is 4. The molecule has 8 rings (SSSR count). The molecule has 3 fully saturated rings. The molecule has 1 aromatic heterocycles. The Bertz CT molecular complexity index is 2110. The first-order valence-corrected chi connectivity index (χ1v) is 25.5. The molecule has 3 aliphatic heterocycles. The first-order valence-electron chi connectivity index (χ1n) is 23.2. The lowest BCUT2D eigenvalue weighted by atomic mass is 10.0. The summed E-state index contributed by atoms with van der Waals surface area (Å²) in [5.41, 5.74) is 17.4. The molecule has 0 bridgehead atoms. The summed E-state index contributed by atoms with van der Waals surface area (Å²) in [4.78, 5) is 19.2. The van der Waals surface area contributed by atoms with Crippen LogP contribution in [0.2, 0.25) is 0 Å². The molecule has 3 saturated heterocycles. The SMILES string of the molecule is BrCCCCCBr.COc1cccc(N)c1.COc1cccc(N2CCCCC2)c1.COc1cccc(N2CCCCC2)c1CCN1CCC(n2ccc3ccc(C(N)=O)cc32)CC1. The van der Waals surface area contributed by atoms with Gasteiger partial charge in [0.15, 0.2) is 0 Å². The molecule has 0 aliphatic carbocycles. The maximum absolute atomic E-state index is 11.7. The summed E-state index contributed by atoms with van der Waals surface area (Å²) in [7, 11) is 5.12. The Morgan fingerprint density at radius 1 is 0.672 bits per heavy atom. The van der Waals surface area contributed by atoms with E-state index in [0.717, 1.165) is 96.5 Å². The van der Waals surface area contributed by atoms with Gasteiger partial charge in [0.1, 0.15) is 17.2 Å². The standard InChI is InChI=1S/C28H36N4O2.C12H17NO.C7H9NO.C5H10Br2/c1-34-27-7-5-6-25(31-14-3-2-4-15-31)24(27)13-18-30-16-11-23(12-17-30)32-19-10-21-8-9-22(28(29)33)20-26(21)32;1-14-12-7-5-6-11(10-12)13-8-3-2-4-9-13;1-9-7-4-2-3-6(8)5-7;6-4-2-1-3-5-7/h5-10,19-20,23H,2-4,11-18H2,1H3,(H2,29,33);5-7,10H,2-4,8-9H2,1H3;2-5H,8H2,1H3;1-5H2. The first-order chi connectivity index (χ1) is 31.3. The summed E-state index contributed by atoms with van der Waals surface area (Å²) in [6.45, 7) is 7.87. The van der Waals surface area contributed by atoms with Crippen LogP contribution in [0.15, 0.2) is 97.2 Å². The van der Waals surface area contributed by atoms with Crippen LogP contribution in [0.5, 0.6) is 17.2 Å². The fraction of sp³-hybridized carbons (Fsp3) is 0.481. The van der Waals surface area contributed by atoms with E-state index in [4.69, 9.17) is 25.7 Å². The fourth-order valence-electron chi connectivity index (χ4n) is 8.71. The van der Waals surface area contributed by atoms with Gasteiger partial charge in [-0.05, 0) is 131 Å². The van der Waals surface area contributed by atoms with Gasteiger partial charge >= 0.3 is 0 Å². The third kappa shape index (κ3) is 15.7. The van der Waals surface area contributed by atoms with E-state index in [0.29, 0.717) is 11.6 Å². The highest BCUT2D eigenvalue weighted by molar-refractivity contribution is 9.09. The molecule has 0 saturated carbocycles.